The Labute approximate surface area is 132 Å². The Hall–Kier alpha value is -2.94. The topological polar surface area (TPSA) is 80.6 Å². The van der Waals surface area contributed by atoms with Crippen molar-refractivity contribution in [3.8, 4) is 23.9 Å². The predicted molar refractivity (Wildman–Crippen MR) is 88.6 cm³/mol. The van der Waals surface area contributed by atoms with Crippen molar-refractivity contribution < 1.29 is 0 Å². The molecule has 0 radical (unpaired) electrons. The second-order valence-electron chi connectivity index (χ2n) is 5.96. The second kappa shape index (κ2) is 5.36. The lowest BCUT2D eigenvalue weighted by Gasteiger charge is -2.19. The molecule has 1 aromatic rings. The predicted octanol–water partition coefficient (Wildman–Crippen LogP) is 1.53. The maximum absolute atomic E-state index is 12.1. The smallest absolute Gasteiger partial charge is 0.322 e. The van der Waals surface area contributed by atoms with E-state index in [1.807, 2.05) is 17.6 Å². The Morgan fingerprint density at radius 1 is 1.30 bits per heavy atom. The van der Waals surface area contributed by atoms with Gasteiger partial charge >= 0.3 is 5.69 Å². The van der Waals surface area contributed by atoms with Crippen molar-refractivity contribution in [2.24, 2.45) is 5.92 Å². The van der Waals surface area contributed by atoms with Crippen molar-refractivity contribution >= 4 is 11.0 Å². The van der Waals surface area contributed by atoms with E-state index in [0.29, 0.717) is 23.8 Å². The summed E-state index contributed by atoms with van der Waals surface area (Å²) in [5.41, 5.74) is 2.02. The van der Waals surface area contributed by atoms with Crippen LogP contribution in [-0.4, -0.2) is 19.5 Å². The molecule has 0 bridgehead atoms. The van der Waals surface area contributed by atoms with Gasteiger partial charge in [0.2, 0.25) is 0 Å². The number of hydrogen-bond donors (Lipinski definition) is 1. The molecule has 0 saturated carbocycles. The highest BCUT2D eigenvalue weighted by molar-refractivity contribution is 5.82. The monoisotopic (exact) mass is 308 g/mol. The van der Waals surface area contributed by atoms with Crippen molar-refractivity contribution in [2.75, 3.05) is 0 Å². The summed E-state index contributed by atoms with van der Waals surface area (Å²) < 4.78 is 1.87. The fourth-order valence-corrected chi connectivity index (χ4v) is 2.65. The number of hydrogen-bond acceptors (Lipinski definition) is 4. The average Bonchev–Trinajstić information content (AvgIpc) is 2.47. The Morgan fingerprint density at radius 3 is 2.70 bits per heavy atom. The van der Waals surface area contributed by atoms with Gasteiger partial charge in [0.1, 0.15) is 0 Å². The van der Waals surface area contributed by atoms with Gasteiger partial charge in [-0.05, 0) is 30.5 Å². The number of aromatic nitrogens is 4. The highest BCUT2D eigenvalue weighted by Gasteiger charge is 2.19. The van der Waals surface area contributed by atoms with Crippen molar-refractivity contribution in [1.82, 2.24) is 19.5 Å². The molecule has 2 aliphatic rings. The van der Waals surface area contributed by atoms with E-state index in [-0.39, 0.29) is 5.69 Å². The molecular formula is C17H16N4O2. The van der Waals surface area contributed by atoms with Gasteiger partial charge in [-0.2, -0.15) is 4.98 Å². The first-order chi connectivity index (χ1) is 10.9. The molecular weight excluding hydrogens is 292 g/mol. The number of fused-ring (bicyclic) bond motifs is 2. The number of H-pyrrole nitrogens is 1. The number of aromatic amines is 1. The van der Waals surface area contributed by atoms with Crippen LogP contribution in [0, 0.1) is 25.2 Å². The van der Waals surface area contributed by atoms with Crippen molar-refractivity contribution in [1.29, 1.82) is 0 Å². The van der Waals surface area contributed by atoms with E-state index < -0.39 is 11.2 Å². The average molecular weight is 308 g/mol. The molecule has 0 saturated heterocycles. The number of rotatable bonds is 2. The van der Waals surface area contributed by atoms with Gasteiger partial charge in [0.05, 0.1) is 11.0 Å². The summed E-state index contributed by atoms with van der Waals surface area (Å²) >= 11 is 0. The largest absolute Gasteiger partial charge is 0.349 e. The summed E-state index contributed by atoms with van der Waals surface area (Å²) in [6.45, 7) is 6.64. The maximum Gasteiger partial charge on any atom is 0.349 e. The van der Waals surface area contributed by atoms with Gasteiger partial charge in [0.25, 0.3) is 5.56 Å². The Kier molecular flexibility index (Phi) is 3.49. The first-order valence-electron chi connectivity index (χ1n) is 7.32. The van der Waals surface area contributed by atoms with Gasteiger partial charge in [0, 0.05) is 12.1 Å². The van der Waals surface area contributed by atoms with Crippen LogP contribution in [0.4, 0.5) is 0 Å². The summed E-state index contributed by atoms with van der Waals surface area (Å²) in [6.07, 6.45) is 5.52. The van der Waals surface area contributed by atoms with Crippen LogP contribution >= 0.6 is 0 Å². The van der Waals surface area contributed by atoms with Gasteiger partial charge in [-0.15, -0.1) is 6.42 Å². The molecule has 116 valence electrons. The fraction of sp³-hybridized carbons (Fsp3) is 0.294. The minimum atomic E-state index is -0.668. The highest BCUT2D eigenvalue weighted by Crippen LogP contribution is 2.24. The zero-order valence-electron chi connectivity index (χ0n) is 13.2. The molecule has 6 nitrogen and oxygen atoms in total. The van der Waals surface area contributed by atoms with E-state index in [0.717, 1.165) is 16.6 Å². The lowest BCUT2D eigenvalue weighted by Crippen LogP contribution is -2.29. The number of terminal acetylenes is 1. The fourth-order valence-electron chi connectivity index (χ4n) is 2.65. The summed E-state index contributed by atoms with van der Waals surface area (Å²) in [5.74, 6) is 3.22. The minimum absolute atomic E-state index is 0.143. The van der Waals surface area contributed by atoms with Crippen molar-refractivity contribution in [3.05, 3.63) is 44.1 Å². The van der Waals surface area contributed by atoms with Crippen LogP contribution in [0.15, 0.2) is 21.7 Å². The third kappa shape index (κ3) is 2.50. The molecule has 0 atom stereocenters. The number of nitrogens with zero attached hydrogens (tertiary/aromatic N) is 3. The van der Waals surface area contributed by atoms with Crippen LogP contribution in [0.5, 0.6) is 0 Å². The molecule has 6 heteroatoms. The van der Waals surface area contributed by atoms with Gasteiger partial charge in [0.15, 0.2) is 11.5 Å². The van der Waals surface area contributed by atoms with E-state index in [1.54, 1.807) is 6.07 Å². The highest BCUT2D eigenvalue weighted by atomic mass is 16.2. The van der Waals surface area contributed by atoms with Gasteiger partial charge in [-0.25, -0.2) is 9.78 Å². The Balaban J connectivity index is 2.53. The summed E-state index contributed by atoms with van der Waals surface area (Å²) in [7, 11) is 0. The SMILES string of the molecule is C#Cc1cc2nc3c(=O)[nH]c(=O)nc-3n(CC(C)C)c2cc1C. The van der Waals surface area contributed by atoms with E-state index >= 15 is 0 Å². The van der Waals surface area contributed by atoms with Crippen LogP contribution in [-0.2, 0) is 6.54 Å². The molecule has 0 spiro atoms. The molecule has 0 aliphatic carbocycles. The summed E-state index contributed by atoms with van der Waals surface area (Å²) in [6, 6.07) is 3.71. The molecule has 2 heterocycles. The molecule has 0 amide bonds. The lowest BCUT2D eigenvalue weighted by molar-refractivity contribution is 0.530. The number of nitrogens with one attached hydrogen (secondary N) is 1. The molecule has 0 aromatic heterocycles. The van der Waals surface area contributed by atoms with Crippen LogP contribution in [0.3, 0.4) is 0 Å². The minimum Gasteiger partial charge on any atom is -0.322 e. The molecule has 1 aromatic carbocycles. The lowest BCUT2D eigenvalue weighted by atomic mass is 10.1. The second-order valence-corrected chi connectivity index (χ2v) is 5.96. The van der Waals surface area contributed by atoms with E-state index in [1.165, 1.54) is 0 Å². The van der Waals surface area contributed by atoms with Crippen LogP contribution in [0.2, 0.25) is 0 Å². The molecule has 23 heavy (non-hydrogen) atoms. The normalized spacial score (nSPS) is 11.3. The molecule has 3 rings (SSSR count). The molecule has 1 N–H and O–H groups in total. The van der Waals surface area contributed by atoms with Gasteiger partial charge < -0.3 is 4.57 Å². The molecule has 0 unspecified atom stereocenters. The zero-order valence-corrected chi connectivity index (χ0v) is 13.2. The third-order valence-corrected chi connectivity index (χ3v) is 3.66. The number of benzene rings is 1. The summed E-state index contributed by atoms with van der Waals surface area (Å²) in [4.78, 5) is 34.2. The Bertz CT molecular complexity index is 1040. The zero-order chi connectivity index (χ0) is 16.7. The van der Waals surface area contributed by atoms with Crippen molar-refractivity contribution in [3.63, 3.8) is 0 Å². The first-order valence-corrected chi connectivity index (χ1v) is 7.32. The quantitative estimate of drug-likeness (QED) is 0.575. The first kappa shape index (κ1) is 15.0. The molecule has 0 fully saturated rings. The third-order valence-electron chi connectivity index (χ3n) is 3.66. The van der Waals surface area contributed by atoms with Crippen LogP contribution in [0.25, 0.3) is 22.6 Å². The summed E-state index contributed by atoms with van der Waals surface area (Å²) in [5, 5.41) is 0. The van der Waals surface area contributed by atoms with Crippen LogP contribution < -0.4 is 11.2 Å². The van der Waals surface area contributed by atoms with Gasteiger partial charge in [-0.3, -0.25) is 9.78 Å². The van der Waals surface area contributed by atoms with E-state index in [9.17, 15) is 9.59 Å². The van der Waals surface area contributed by atoms with Gasteiger partial charge in [-0.1, -0.05) is 19.8 Å². The number of aryl methyl sites for hydroxylation is 1. The van der Waals surface area contributed by atoms with E-state index in [2.05, 4.69) is 34.7 Å². The van der Waals surface area contributed by atoms with Crippen molar-refractivity contribution in [2.45, 2.75) is 27.3 Å². The Morgan fingerprint density at radius 2 is 2.04 bits per heavy atom. The van der Waals surface area contributed by atoms with Crippen LogP contribution in [0.1, 0.15) is 25.0 Å². The standard InChI is InChI=1S/C17H16N4O2/c1-5-11-7-12-13(6-10(11)4)21(8-9(2)3)15-14(18-12)16(22)20-17(23)19-15/h1,6-7,9H,8H2,2-4H3,(H,20,22,23). The molecule has 2 aliphatic heterocycles. The van der Waals surface area contributed by atoms with E-state index in [4.69, 9.17) is 6.42 Å². The maximum atomic E-state index is 12.1.